The topological polar surface area (TPSA) is 9.23 Å². The standard InChI is InChI=1S/C4H8ClO.Sn/c1-2-6-4-3-5;/h1-4H2;. The molecule has 0 unspecified atom stereocenters. The third kappa shape index (κ3) is 7.05. The molecular formula is C4H8ClOSn. The van der Waals surface area contributed by atoms with E-state index in [4.69, 9.17) is 16.3 Å². The quantitative estimate of drug-likeness (QED) is 0.392. The van der Waals surface area contributed by atoms with E-state index in [1.54, 1.807) is 0 Å². The molecule has 7 heavy (non-hydrogen) atoms. The molecule has 0 aromatic carbocycles. The van der Waals surface area contributed by atoms with Crippen LogP contribution in [0.4, 0.5) is 0 Å². The minimum atomic E-state index is 0.621. The van der Waals surface area contributed by atoms with Crippen molar-refractivity contribution in [3.63, 3.8) is 0 Å². The third-order valence-corrected chi connectivity index (χ3v) is 1.20. The number of halogens is 1. The van der Waals surface area contributed by atoms with Crippen LogP contribution in [0.1, 0.15) is 0 Å². The molecule has 0 aliphatic carbocycles. The molecule has 3 radical (unpaired) electrons. The molecule has 0 aliphatic rings. The third-order valence-electron chi connectivity index (χ3n) is 0.468. The average Bonchev–Trinajstić information content (AvgIpc) is 1.69. The molecule has 0 atom stereocenters. The van der Waals surface area contributed by atoms with E-state index in [1.807, 2.05) is 0 Å². The van der Waals surface area contributed by atoms with E-state index < -0.39 is 0 Å². The first-order valence-electron chi connectivity index (χ1n) is 2.20. The Morgan fingerprint density at radius 1 is 1.43 bits per heavy atom. The predicted octanol–water partition coefficient (Wildman–Crippen LogP) is 0.829. The molecule has 0 heterocycles. The van der Waals surface area contributed by atoms with Crippen LogP contribution in [-0.4, -0.2) is 41.6 Å². The Morgan fingerprint density at radius 3 is 2.57 bits per heavy atom. The number of rotatable bonds is 4. The van der Waals surface area contributed by atoms with E-state index in [-0.39, 0.29) is 0 Å². The van der Waals surface area contributed by atoms with Crippen LogP contribution in [0, 0.1) is 0 Å². The fourth-order valence-corrected chi connectivity index (χ4v) is 0.750. The Hall–Kier alpha value is 1.05. The number of ether oxygens (including phenoxy) is 1. The second kappa shape index (κ2) is 7.05. The van der Waals surface area contributed by atoms with Crippen molar-refractivity contribution in [2.75, 3.05) is 19.1 Å². The first-order valence-corrected chi connectivity index (χ1v) is 4.75. The van der Waals surface area contributed by atoms with Gasteiger partial charge in [-0.15, -0.1) is 0 Å². The van der Waals surface area contributed by atoms with Gasteiger partial charge in [0.1, 0.15) is 0 Å². The SMILES string of the molecule is ClCCOC[CH2][Sn]. The molecule has 41 valence electrons. The second-order valence-corrected chi connectivity index (χ2v) is 2.86. The van der Waals surface area contributed by atoms with E-state index in [9.17, 15) is 0 Å². The summed E-state index contributed by atoms with van der Waals surface area (Å²) < 4.78 is 6.19. The van der Waals surface area contributed by atoms with Crippen molar-refractivity contribution in [1.82, 2.24) is 0 Å². The van der Waals surface area contributed by atoms with Crippen molar-refractivity contribution in [3.8, 4) is 0 Å². The minimum absolute atomic E-state index is 0.621. The van der Waals surface area contributed by atoms with Crippen LogP contribution >= 0.6 is 11.6 Å². The van der Waals surface area contributed by atoms with Crippen LogP contribution in [0.25, 0.3) is 0 Å². The van der Waals surface area contributed by atoms with Gasteiger partial charge in [0.15, 0.2) is 0 Å². The van der Waals surface area contributed by atoms with E-state index >= 15 is 0 Å². The first kappa shape index (κ1) is 8.05. The summed E-state index contributed by atoms with van der Waals surface area (Å²) in [6.45, 7) is 1.58. The van der Waals surface area contributed by atoms with Gasteiger partial charge in [0.25, 0.3) is 0 Å². The first-order chi connectivity index (χ1) is 3.41. The molecule has 0 aliphatic heterocycles. The number of hydrogen-bond acceptors (Lipinski definition) is 1. The van der Waals surface area contributed by atoms with Crippen molar-refractivity contribution in [3.05, 3.63) is 0 Å². The van der Waals surface area contributed by atoms with Gasteiger partial charge < -0.3 is 0 Å². The average molecular weight is 226 g/mol. The predicted molar refractivity (Wildman–Crippen MR) is 32.1 cm³/mol. The molecule has 0 spiro atoms. The zero-order valence-corrected chi connectivity index (χ0v) is 7.72. The van der Waals surface area contributed by atoms with E-state index in [2.05, 4.69) is 0 Å². The van der Waals surface area contributed by atoms with Gasteiger partial charge in [-0.2, -0.15) is 0 Å². The zero-order chi connectivity index (χ0) is 5.54. The van der Waals surface area contributed by atoms with Gasteiger partial charge in [0, 0.05) is 0 Å². The molecule has 0 aromatic rings. The summed E-state index contributed by atoms with van der Waals surface area (Å²) in [6.07, 6.45) is 0. The Labute approximate surface area is 62.5 Å². The Bertz CT molecular complexity index is 30.9. The summed E-state index contributed by atoms with van der Waals surface area (Å²) >= 11 is 6.85. The van der Waals surface area contributed by atoms with Crippen molar-refractivity contribution < 1.29 is 4.74 Å². The zero-order valence-electron chi connectivity index (χ0n) is 4.11. The van der Waals surface area contributed by atoms with Crippen molar-refractivity contribution >= 4 is 34.1 Å². The van der Waals surface area contributed by atoms with Crippen molar-refractivity contribution in [2.24, 2.45) is 0 Å². The fourth-order valence-electron chi connectivity index (χ4n) is 0.229. The van der Waals surface area contributed by atoms with Crippen LogP contribution in [0.3, 0.4) is 0 Å². The molecular weight excluding hydrogens is 218 g/mol. The van der Waals surface area contributed by atoms with Gasteiger partial charge in [-0.3, -0.25) is 0 Å². The Balaban J connectivity index is 2.45. The van der Waals surface area contributed by atoms with Crippen LogP contribution < -0.4 is 0 Å². The summed E-state index contributed by atoms with van der Waals surface area (Å²) in [5, 5.41) is 0. The second-order valence-electron chi connectivity index (χ2n) is 1.05. The molecule has 0 N–H and O–H groups in total. The normalized spacial score (nSPS) is 9.43. The van der Waals surface area contributed by atoms with Gasteiger partial charge in [0.05, 0.1) is 0 Å². The molecule has 0 bridgehead atoms. The van der Waals surface area contributed by atoms with Gasteiger partial charge in [-0.25, -0.2) is 0 Å². The van der Waals surface area contributed by atoms with Gasteiger partial charge in [0.2, 0.25) is 0 Å². The summed E-state index contributed by atoms with van der Waals surface area (Å²) in [4.78, 5) is 0. The molecule has 0 aromatic heterocycles. The Kier molecular flexibility index (Phi) is 8.10. The van der Waals surface area contributed by atoms with Crippen LogP contribution in [0.5, 0.6) is 0 Å². The maximum absolute atomic E-state index is 5.32. The molecule has 0 amide bonds. The van der Waals surface area contributed by atoms with Crippen LogP contribution in [-0.2, 0) is 4.74 Å². The molecule has 0 fully saturated rings. The monoisotopic (exact) mass is 227 g/mol. The maximum atomic E-state index is 5.32. The van der Waals surface area contributed by atoms with Crippen molar-refractivity contribution in [1.29, 1.82) is 0 Å². The summed E-state index contributed by atoms with van der Waals surface area (Å²) in [7, 11) is 0. The summed E-state index contributed by atoms with van der Waals surface area (Å²) in [5.41, 5.74) is 0. The van der Waals surface area contributed by atoms with E-state index in [0.29, 0.717) is 12.5 Å². The molecule has 0 saturated carbocycles. The van der Waals surface area contributed by atoms with Gasteiger partial charge in [-0.05, 0) is 0 Å². The van der Waals surface area contributed by atoms with Crippen molar-refractivity contribution in [2.45, 2.75) is 4.44 Å². The number of alkyl halides is 1. The molecule has 1 nitrogen and oxygen atoms in total. The van der Waals surface area contributed by atoms with Gasteiger partial charge >= 0.3 is 62.4 Å². The number of hydrogen-bond donors (Lipinski definition) is 0. The van der Waals surface area contributed by atoms with E-state index in [1.165, 1.54) is 27.0 Å². The fraction of sp³-hybridized carbons (Fsp3) is 1.00. The van der Waals surface area contributed by atoms with Gasteiger partial charge in [-0.1, -0.05) is 0 Å². The molecule has 0 saturated heterocycles. The summed E-state index contributed by atoms with van der Waals surface area (Å²) in [6, 6.07) is 0. The molecule has 3 heteroatoms. The molecule has 0 rings (SSSR count). The van der Waals surface area contributed by atoms with E-state index in [0.717, 1.165) is 6.61 Å². The Morgan fingerprint density at radius 2 is 2.14 bits per heavy atom. The van der Waals surface area contributed by atoms with Crippen LogP contribution in [0.15, 0.2) is 0 Å². The van der Waals surface area contributed by atoms with Crippen LogP contribution in [0.2, 0.25) is 4.44 Å². The summed E-state index contributed by atoms with van der Waals surface area (Å²) in [5.74, 6) is 0.621.